The van der Waals surface area contributed by atoms with Crippen LogP contribution in [0.2, 0.25) is 0 Å². The van der Waals surface area contributed by atoms with E-state index < -0.39 is 0 Å². The van der Waals surface area contributed by atoms with Crippen molar-refractivity contribution < 1.29 is 14.4 Å². The summed E-state index contributed by atoms with van der Waals surface area (Å²) >= 11 is 1.50. The van der Waals surface area contributed by atoms with E-state index >= 15 is 0 Å². The molecule has 0 aliphatic carbocycles. The van der Waals surface area contributed by atoms with Crippen molar-refractivity contribution in [1.29, 1.82) is 0 Å². The van der Waals surface area contributed by atoms with Crippen molar-refractivity contribution in [3.63, 3.8) is 0 Å². The second kappa shape index (κ2) is 10.0. The number of hydrazone groups is 1. The quantitative estimate of drug-likeness (QED) is 0.214. The molecule has 0 unspecified atom stereocenters. The van der Waals surface area contributed by atoms with Gasteiger partial charge in [-0.15, -0.1) is 0 Å². The average molecular weight is 517 g/mol. The summed E-state index contributed by atoms with van der Waals surface area (Å²) in [6.07, 6.45) is 1.58. The van der Waals surface area contributed by atoms with E-state index in [4.69, 9.17) is 9.47 Å². The molecule has 6 rings (SSSR count). The first-order valence-corrected chi connectivity index (χ1v) is 12.7. The number of hydrogen-bond acceptors (Lipinski definition) is 10. The van der Waals surface area contributed by atoms with Crippen molar-refractivity contribution >= 4 is 44.3 Å². The van der Waals surface area contributed by atoms with Crippen LogP contribution in [-0.4, -0.2) is 54.0 Å². The second-order valence-corrected chi connectivity index (χ2v) is 9.84. The summed E-state index contributed by atoms with van der Waals surface area (Å²) in [6, 6.07) is 19.1. The van der Waals surface area contributed by atoms with Crippen molar-refractivity contribution in [1.82, 2.24) is 9.88 Å². The van der Waals surface area contributed by atoms with Gasteiger partial charge in [0.05, 0.1) is 21.4 Å². The highest BCUT2D eigenvalue weighted by Gasteiger charge is 2.24. The summed E-state index contributed by atoms with van der Waals surface area (Å²) in [5, 5.41) is 16.8. The van der Waals surface area contributed by atoms with E-state index in [9.17, 15) is 10.1 Å². The zero-order valence-corrected chi connectivity index (χ0v) is 20.7. The fourth-order valence-corrected chi connectivity index (χ4v) is 5.38. The lowest BCUT2D eigenvalue weighted by Crippen LogP contribution is -2.46. The molecule has 188 valence electrons. The van der Waals surface area contributed by atoms with Gasteiger partial charge in [0.1, 0.15) is 5.69 Å². The maximum Gasteiger partial charge on any atom is 0.293 e. The average Bonchev–Trinajstić information content (AvgIpc) is 3.55. The number of piperazine rings is 1. The van der Waals surface area contributed by atoms with Crippen molar-refractivity contribution in [3.05, 3.63) is 81.9 Å². The minimum atomic E-state index is -0.327. The molecule has 1 fully saturated rings. The fraction of sp³-hybridized carbons (Fsp3) is 0.231. The Labute approximate surface area is 216 Å². The molecule has 0 atom stereocenters. The van der Waals surface area contributed by atoms with Crippen LogP contribution in [0.5, 0.6) is 11.5 Å². The number of anilines is 2. The van der Waals surface area contributed by atoms with E-state index in [0.29, 0.717) is 29.5 Å². The number of rotatable bonds is 7. The summed E-state index contributed by atoms with van der Waals surface area (Å²) < 4.78 is 11.9. The number of thiazole rings is 1. The number of nitrogens with zero attached hydrogens (tertiary/aromatic N) is 5. The topological polar surface area (TPSA) is 105 Å². The van der Waals surface area contributed by atoms with Gasteiger partial charge in [0.25, 0.3) is 5.69 Å². The number of nitro groups is 1. The van der Waals surface area contributed by atoms with E-state index in [2.05, 4.69) is 31.4 Å². The Balaban J connectivity index is 1.09. The number of para-hydroxylation sites is 1. The molecule has 1 saturated heterocycles. The predicted octanol–water partition coefficient (Wildman–Crippen LogP) is 4.70. The van der Waals surface area contributed by atoms with Crippen LogP contribution in [0, 0.1) is 10.1 Å². The maximum atomic E-state index is 11.9. The van der Waals surface area contributed by atoms with Crippen LogP contribution < -0.4 is 19.8 Å². The predicted molar refractivity (Wildman–Crippen MR) is 144 cm³/mol. The first kappa shape index (κ1) is 23.2. The Bertz CT molecular complexity index is 1450. The Morgan fingerprint density at radius 2 is 1.89 bits per heavy atom. The first-order chi connectivity index (χ1) is 18.1. The molecule has 0 saturated carbocycles. The van der Waals surface area contributed by atoms with E-state index in [1.807, 2.05) is 48.5 Å². The highest BCUT2D eigenvalue weighted by molar-refractivity contribution is 7.22. The van der Waals surface area contributed by atoms with Crippen LogP contribution in [0.3, 0.4) is 0 Å². The van der Waals surface area contributed by atoms with Gasteiger partial charge in [-0.25, -0.2) is 4.98 Å². The molecule has 0 bridgehead atoms. The Hall–Kier alpha value is -4.22. The van der Waals surface area contributed by atoms with E-state index in [0.717, 1.165) is 46.9 Å². The largest absolute Gasteiger partial charge is 0.454 e. The number of aromatic nitrogens is 1. The monoisotopic (exact) mass is 516 g/mol. The molecule has 3 heterocycles. The number of benzene rings is 3. The molecule has 4 aromatic rings. The third-order valence-electron chi connectivity index (χ3n) is 6.42. The molecule has 1 aromatic heterocycles. The van der Waals surface area contributed by atoms with Crippen LogP contribution >= 0.6 is 11.3 Å². The van der Waals surface area contributed by atoms with Gasteiger partial charge in [-0.3, -0.25) is 20.4 Å². The SMILES string of the molecule is O=[N+]([O-])c1cc(/C=N\Nc2nc3ccccc3s2)ccc1N1CCN(Cc2ccc3c(c2)OCO3)CC1. The van der Waals surface area contributed by atoms with E-state index in [1.54, 1.807) is 12.3 Å². The third kappa shape index (κ3) is 5.04. The Kier molecular flexibility index (Phi) is 6.29. The van der Waals surface area contributed by atoms with Gasteiger partial charge >= 0.3 is 0 Å². The van der Waals surface area contributed by atoms with Gasteiger partial charge in [-0.05, 0) is 35.9 Å². The molecule has 3 aromatic carbocycles. The lowest BCUT2D eigenvalue weighted by molar-refractivity contribution is -0.384. The molecule has 37 heavy (non-hydrogen) atoms. The smallest absolute Gasteiger partial charge is 0.293 e. The van der Waals surface area contributed by atoms with Crippen molar-refractivity contribution in [2.45, 2.75) is 6.54 Å². The van der Waals surface area contributed by atoms with Crippen molar-refractivity contribution in [2.24, 2.45) is 5.10 Å². The number of hydrogen-bond donors (Lipinski definition) is 1. The van der Waals surface area contributed by atoms with Crippen molar-refractivity contribution in [3.8, 4) is 11.5 Å². The molecule has 2 aliphatic rings. The summed E-state index contributed by atoms with van der Waals surface area (Å²) in [6.45, 7) is 4.09. The minimum Gasteiger partial charge on any atom is -0.454 e. The van der Waals surface area contributed by atoms with Crippen LogP contribution in [0.25, 0.3) is 10.2 Å². The molecule has 10 nitrogen and oxygen atoms in total. The Morgan fingerprint density at radius 3 is 2.73 bits per heavy atom. The van der Waals surface area contributed by atoms with Gasteiger partial charge in [0.15, 0.2) is 11.5 Å². The van der Waals surface area contributed by atoms with Crippen molar-refractivity contribution in [2.75, 3.05) is 43.3 Å². The summed E-state index contributed by atoms with van der Waals surface area (Å²) in [5.41, 5.74) is 6.34. The van der Waals surface area contributed by atoms with Gasteiger partial charge in [-0.1, -0.05) is 35.6 Å². The molecular weight excluding hydrogens is 492 g/mol. The second-order valence-electron chi connectivity index (χ2n) is 8.81. The minimum absolute atomic E-state index is 0.0770. The molecular formula is C26H24N6O4S. The normalized spacial score (nSPS) is 15.5. The number of fused-ring (bicyclic) bond motifs is 2. The lowest BCUT2D eigenvalue weighted by atomic mass is 10.1. The van der Waals surface area contributed by atoms with Crippen LogP contribution in [0.4, 0.5) is 16.5 Å². The van der Waals surface area contributed by atoms with Crippen LogP contribution in [-0.2, 0) is 6.54 Å². The van der Waals surface area contributed by atoms with Crippen LogP contribution in [0.15, 0.2) is 65.8 Å². The zero-order valence-electron chi connectivity index (χ0n) is 19.9. The van der Waals surface area contributed by atoms with Gasteiger partial charge in [-0.2, -0.15) is 5.10 Å². The van der Waals surface area contributed by atoms with Gasteiger partial charge in [0, 0.05) is 44.4 Å². The molecule has 2 aliphatic heterocycles. The van der Waals surface area contributed by atoms with E-state index in [-0.39, 0.29) is 17.4 Å². The summed E-state index contributed by atoms with van der Waals surface area (Å²) in [5.74, 6) is 1.56. The third-order valence-corrected chi connectivity index (χ3v) is 7.36. The number of nitrogens with one attached hydrogen (secondary N) is 1. The van der Waals surface area contributed by atoms with Gasteiger partial charge in [0.2, 0.25) is 11.9 Å². The molecule has 11 heteroatoms. The molecule has 0 spiro atoms. The maximum absolute atomic E-state index is 11.9. The molecule has 1 N–H and O–H groups in total. The van der Waals surface area contributed by atoms with Crippen LogP contribution in [0.1, 0.15) is 11.1 Å². The number of nitro benzene ring substituents is 1. The highest BCUT2D eigenvalue weighted by Crippen LogP contribution is 2.33. The zero-order chi connectivity index (χ0) is 25.2. The summed E-state index contributed by atoms with van der Waals surface area (Å²) in [4.78, 5) is 20.5. The van der Waals surface area contributed by atoms with Gasteiger partial charge < -0.3 is 14.4 Å². The molecule has 0 amide bonds. The first-order valence-electron chi connectivity index (χ1n) is 11.9. The summed E-state index contributed by atoms with van der Waals surface area (Å²) in [7, 11) is 0. The number of ether oxygens (including phenoxy) is 2. The standard InChI is InChI=1S/C26H24N6O4S/c33-32(34)22-13-18(15-27-29-26-28-20-3-1-2-4-25(20)37-26)5-7-21(22)31-11-9-30(10-12-31)16-19-6-8-23-24(14-19)36-17-35-23/h1-8,13-15H,9-12,16-17H2,(H,28,29)/b27-15-. The lowest BCUT2D eigenvalue weighted by Gasteiger charge is -2.35. The Morgan fingerprint density at radius 1 is 1.05 bits per heavy atom. The fourth-order valence-electron chi connectivity index (χ4n) is 4.56. The highest BCUT2D eigenvalue weighted by atomic mass is 32.1. The molecule has 0 radical (unpaired) electrons. The van der Waals surface area contributed by atoms with E-state index in [1.165, 1.54) is 11.3 Å².